The summed E-state index contributed by atoms with van der Waals surface area (Å²) < 4.78 is 5.36. The standard InChI is InChI=1S/C16H15N3O/c17-12-15-14(13-4-2-1-3-5-13)6-7-18-16(15)19-8-10-20-11-9-19/h1-7H,8-11H2. The summed E-state index contributed by atoms with van der Waals surface area (Å²) in [5.41, 5.74) is 2.62. The summed E-state index contributed by atoms with van der Waals surface area (Å²) in [5, 5.41) is 9.54. The van der Waals surface area contributed by atoms with Crippen molar-refractivity contribution in [3.63, 3.8) is 0 Å². The predicted molar refractivity (Wildman–Crippen MR) is 77.4 cm³/mol. The van der Waals surface area contributed by atoms with E-state index in [-0.39, 0.29) is 0 Å². The molecule has 0 saturated carbocycles. The van der Waals surface area contributed by atoms with Crippen LogP contribution in [-0.2, 0) is 4.74 Å². The highest BCUT2D eigenvalue weighted by molar-refractivity contribution is 5.76. The molecule has 0 bridgehead atoms. The normalized spacial score (nSPS) is 14.8. The number of hydrogen-bond acceptors (Lipinski definition) is 4. The molecule has 0 amide bonds. The first kappa shape index (κ1) is 12.6. The largest absolute Gasteiger partial charge is 0.378 e. The molecule has 0 aliphatic carbocycles. The molecule has 1 aromatic heterocycles. The van der Waals surface area contributed by atoms with Crippen molar-refractivity contribution in [2.45, 2.75) is 0 Å². The zero-order valence-corrected chi connectivity index (χ0v) is 11.1. The minimum atomic E-state index is 0.639. The molecule has 1 fully saturated rings. The Morgan fingerprint density at radius 2 is 1.85 bits per heavy atom. The van der Waals surface area contributed by atoms with Gasteiger partial charge in [-0.2, -0.15) is 5.26 Å². The molecule has 0 N–H and O–H groups in total. The van der Waals surface area contributed by atoms with Crippen molar-refractivity contribution in [3.05, 3.63) is 48.2 Å². The number of benzene rings is 1. The van der Waals surface area contributed by atoms with Crippen molar-refractivity contribution < 1.29 is 4.74 Å². The smallest absolute Gasteiger partial charge is 0.147 e. The summed E-state index contributed by atoms with van der Waals surface area (Å²) in [7, 11) is 0. The van der Waals surface area contributed by atoms with Crippen LogP contribution in [0.3, 0.4) is 0 Å². The third kappa shape index (κ3) is 2.36. The van der Waals surface area contributed by atoms with Crippen molar-refractivity contribution in [1.82, 2.24) is 4.98 Å². The SMILES string of the molecule is N#Cc1c(-c2ccccc2)ccnc1N1CCOCC1. The van der Waals surface area contributed by atoms with Crippen LogP contribution < -0.4 is 4.90 Å². The van der Waals surface area contributed by atoms with E-state index in [9.17, 15) is 5.26 Å². The molecule has 4 heteroatoms. The fraction of sp³-hybridized carbons (Fsp3) is 0.250. The average molecular weight is 265 g/mol. The summed E-state index contributed by atoms with van der Waals surface area (Å²) in [6.45, 7) is 2.92. The van der Waals surface area contributed by atoms with Gasteiger partial charge in [0.25, 0.3) is 0 Å². The van der Waals surface area contributed by atoms with Crippen molar-refractivity contribution in [1.29, 1.82) is 5.26 Å². The summed E-state index contributed by atoms with van der Waals surface area (Å²) in [6.07, 6.45) is 1.77. The van der Waals surface area contributed by atoms with E-state index >= 15 is 0 Å². The van der Waals surface area contributed by atoms with Crippen molar-refractivity contribution in [2.75, 3.05) is 31.2 Å². The first-order valence-electron chi connectivity index (χ1n) is 6.67. The summed E-state index contributed by atoms with van der Waals surface area (Å²) in [4.78, 5) is 6.53. The van der Waals surface area contributed by atoms with Gasteiger partial charge in [-0.3, -0.25) is 0 Å². The van der Waals surface area contributed by atoms with Crippen LogP contribution in [0, 0.1) is 11.3 Å². The molecule has 0 spiro atoms. The van der Waals surface area contributed by atoms with Gasteiger partial charge in [0, 0.05) is 24.8 Å². The molecular weight excluding hydrogens is 250 g/mol. The summed E-state index contributed by atoms with van der Waals surface area (Å²) in [5.74, 6) is 0.761. The van der Waals surface area contributed by atoms with E-state index in [0.29, 0.717) is 18.8 Å². The number of anilines is 1. The number of ether oxygens (including phenoxy) is 1. The van der Waals surface area contributed by atoms with Crippen LogP contribution in [0.2, 0.25) is 0 Å². The summed E-state index contributed by atoms with van der Waals surface area (Å²) in [6, 6.07) is 14.2. The van der Waals surface area contributed by atoms with Crippen LogP contribution in [0.15, 0.2) is 42.6 Å². The third-order valence-corrected chi connectivity index (χ3v) is 3.44. The maximum Gasteiger partial charge on any atom is 0.147 e. The number of morpholine rings is 1. The third-order valence-electron chi connectivity index (χ3n) is 3.44. The Balaban J connectivity index is 2.06. The van der Waals surface area contributed by atoms with Crippen molar-refractivity contribution in [2.24, 2.45) is 0 Å². The maximum absolute atomic E-state index is 9.54. The van der Waals surface area contributed by atoms with E-state index in [1.807, 2.05) is 36.4 Å². The molecule has 20 heavy (non-hydrogen) atoms. The molecule has 1 aliphatic heterocycles. The topological polar surface area (TPSA) is 49.2 Å². The van der Waals surface area contributed by atoms with Crippen molar-refractivity contribution >= 4 is 5.82 Å². The Morgan fingerprint density at radius 3 is 2.55 bits per heavy atom. The van der Waals surface area contributed by atoms with E-state index in [1.165, 1.54) is 0 Å². The predicted octanol–water partition coefficient (Wildman–Crippen LogP) is 2.46. The van der Waals surface area contributed by atoms with Gasteiger partial charge in [0.1, 0.15) is 17.5 Å². The minimum Gasteiger partial charge on any atom is -0.378 e. The molecule has 1 saturated heterocycles. The first-order valence-corrected chi connectivity index (χ1v) is 6.67. The molecular formula is C16H15N3O. The van der Waals surface area contributed by atoms with Crippen LogP contribution in [0.25, 0.3) is 11.1 Å². The molecule has 0 unspecified atom stereocenters. The maximum atomic E-state index is 9.54. The Morgan fingerprint density at radius 1 is 1.10 bits per heavy atom. The molecule has 2 aromatic rings. The van der Waals surface area contributed by atoms with Gasteiger partial charge in [-0.05, 0) is 11.6 Å². The van der Waals surface area contributed by atoms with Crippen LogP contribution >= 0.6 is 0 Å². The highest BCUT2D eigenvalue weighted by Gasteiger charge is 2.18. The lowest BCUT2D eigenvalue weighted by Crippen LogP contribution is -2.37. The number of hydrogen-bond donors (Lipinski definition) is 0. The Bertz CT molecular complexity index is 628. The van der Waals surface area contributed by atoms with Gasteiger partial charge in [0.15, 0.2) is 0 Å². The fourth-order valence-electron chi connectivity index (χ4n) is 2.43. The highest BCUT2D eigenvalue weighted by atomic mass is 16.5. The van der Waals surface area contributed by atoms with Crippen LogP contribution in [-0.4, -0.2) is 31.3 Å². The number of nitriles is 1. The second kappa shape index (κ2) is 5.72. The zero-order valence-electron chi connectivity index (χ0n) is 11.1. The Hall–Kier alpha value is -2.38. The van der Waals surface area contributed by atoms with E-state index in [0.717, 1.165) is 30.0 Å². The molecule has 4 nitrogen and oxygen atoms in total. The molecule has 0 atom stereocenters. The van der Waals surface area contributed by atoms with Gasteiger partial charge >= 0.3 is 0 Å². The zero-order chi connectivity index (χ0) is 13.8. The Labute approximate surface area is 118 Å². The van der Waals surface area contributed by atoms with Crippen LogP contribution in [0.4, 0.5) is 5.82 Å². The Kier molecular flexibility index (Phi) is 3.62. The van der Waals surface area contributed by atoms with Gasteiger partial charge in [0.2, 0.25) is 0 Å². The molecule has 0 radical (unpaired) electrons. The first-order chi connectivity index (χ1) is 9.90. The highest BCUT2D eigenvalue weighted by Crippen LogP contribution is 2.29. The molecule has 100 valence electrons. The lowest BCUT2D eigenvalue weighted by Gasteiger charge is -2.28. The van der Waals surface area contributed by atoms with Gasteiger partial charge < -0.3 is 9.64 Å². The minimum absolute atomic E-state index is 0.639. The number of aromatic nitrogens is 1. The summed E-state index contributed by atoms with van der Waals surface area (Å²) >= 11 is 0. The van der Waals surface area contributed by atoms with E-state index in [2.05, 4.69) is 16.0 Å². The average Bonchev–Trinajstić information content (AvgIpc) is 2.55. The second-order valence-corrected chi connectivity index (χ2v) is 4.63. The van der Waals surface area contributed by atoms with Crippen LogP contribution in [0.5, 0.6) is 0 Å². The quantitative estimate of drug-likeness (QED) is 0.837. The van der Waals surface area contributed by atoms with Gasteiger partial charge in [-0.15, -0.1) is 0 Å². The number of rotatable bonds is 2. The van der Waals surface area contributed by atoms with Crippen molar-refractivity contribution in [3.8, 4) is 17.2 Å². The molecule has 3 rings (SSSR count). The van der Waals surface area contributed by atoms with E-state index in [1.54, 1.807) is 6.20 Å². The van der Waals surface area contributed by atoms with Gasteiger partial charge in [-0.25, -0.2) is 4.98 Å². The molecule has 1 aromatic carbocycles. The van der Waals surface area contributed by atoms with Crippen LogP contribution in [0.1, 0.15) is 5.56 Å². The van der Waals surface area contributed by atoms with Gasteiger partial charge in [0.05, 0.1) is 13.2 Å². The molecule has 1 aliphatic rings. The van der Waals surface area contributed by atoms with E-state index in [4.69, 9.17) is 4.74 Å². The lowest BCUT2D eigenvalue weighted by molar-refractivity contribution is 0.122. The number of pyridine rings is 1. The van der Waals surface area contributed by atoms with E-state index < -0.39 is 0 Å². The fourth-order valence-corrected chi connectivity index (χ4v) is 2.43. The lowest BCUT2D eigenvalue weighted by atomic mass is 10.0. The van der Waals surface area contributed by atoms with Gasteiger partial charge in [-0.1, -0.05) is 30.3 Å². The number of nitrogens with zero attached hydrogens (tertiary/aromatic N) is 3. The second-order valence-electron chi connectivity index (χ2n) is 4.63. The molecule has 2 heterocycles. The monoisotopic (exact) mass is 265 g/mol.